The van der Waals surface area contributed by atoms with Crippen LogP contribution in [0.3, 0.4) is 0 Å². The van der Waals surface area contributed by atoms with Gasteiger partial charge in [0.1, 0.15) is 0 Å². The zero-order chi connectivity index (χ0) is 13.0. The molecule has 19 heavy (non-hydrogen) atoms. The molecule has 0 saturated heterocycles. The maximum absolute atomic E-state index is 10.8. The predicted molar refractivity (Wildman–Crippen MR) is 65.6 cm³/mol. The molecule has 1 aromatic rings. The van der Waals surface area contributed by atoms with E-state index in [0.29, 0.717) is 11.3 Å². The van der Waals surface area contributed by atoms with E-state index in [-0.39, 0.29) is 5.89 Å². The van der Waals surface area contributed by atoms with E-state index in [1.54, 1.807) is 0 Å². The van der Waals surface area contributed by atoms with Gasteiger partial charge in [-0.15, -0.1) is 10.2 Å². The maximum Gasteiger partial charge on any atom is 0.393 e. The average Bonchev–Trinajstić information content (AvgIpc) is 2.74. The largest absolute Gasteiger partial charge is 0.474 e. The molecule has 4 aliphatic rings. The van der Waals surface area contributed by atoms with Gasteiger partial charge in [-0.2, -0.15) is 0 Å². The van der Waals surface area contributed by atoms with Crippen LogP contribution >= 0.6 is 0 Å². The average molecular weight is 262 g/mol. The standard InChI is InChI=1S/C14H18N2O3/c17-13(18)12-16-15-11(19-12)7-14-4-8-1-9(5-14)3-10(2-8)6-14/h8-10H,1-7H2,(H,17,18). The molecule has 5 rings (SSSR count). The van der Waals surface area contributed by atoms with E-state index >= 15 is 0 Å². The fraction of sp³-hybridized carbons (Fsp3) is 0.786. The summed E-state index contributed by atoms with van der Waals surface area (Å²) in [4.78, 5) is 10.8. The van der Waals surface area contributed by atoms with Crippen molar-refractivity contribution in [3.05, 3.63) is 11.8 Å². The molecule has 4 aliphatic carbocycles. The first-order valence-electron chi connectivity index (χ1n) is 7.18. The molecular weight excluding hydrogens is 244 g/mol. The Morgan fingerprint density at radius 3 is 2.21 bits per heavy atom. The summed E-state index contributed by atoms with van der Waals surface area (Å²) in [6.07, 6.45) is 8.80. The van der Waals surface area contributed by atoms with E-state index in [1.807, 2.05) is 0 Å². The minimum Gasteiger partial charge on any atom is -0.474 e. The van der Waals surface area contributed by atoms with Crippen LogP contribution in [0.15, 0.2) is 4.42 Å². The summed E-state index contributed by atoms with van der Waals surface area (Å²) >= 11 is 0. The van der Waals surface area contributed by atoms with Gasteiger partial charge in [0, 0.05) is 6.42 Å². The lowest BCUT2D eigenvalue weighted by atomic mass is 9.49. The molecule has 0 atom stereocenters. The van der Waals surface area contributed by atoms with E-state index in [9.17, 15) is 4.79 Å². The van der Waals surface area contributed by atoms with Crippen molar-refractivity contribution in [1.82, 2.24) is 10.2 Å². The zero-order valence-electron chi connectivity index (χ0n) is 10.8. The number of hydrogen-bond acceptors (Lipinski definition) is 4. The van der Waals surface area contributed by atoms with Crippen molar-refractivity contribution in [1.29, 1.82) is 0 Å². The molecule has 1 aromatic heterocycles. The van der Waals surface area contributed by atoms with Gasteiger partial charge in [-0.3, -0.25) is 0 Å². The Kier molecular flexibility index (Phi) is 2.29. The Hall–Kier alpha value is -1.39. The summed E-state index contributed by atoms with van der Waals surface area (Å²) in [5.74, 6) is 1.75. The van der Waals surface area contributed by atoms with Crippen LogP contribution in [0.5, 0.6) is 0 Å². The van der Waals surface area contributed by atoms with Crippen molar-refractivity contribution in [3.63, 3.8) is 0 Å². The van der Waals surface area contributed by atoms with Crippen molar-refractivity contribution in [3.8, 4) is 0 Å². The minimum absolute atomic E-state index is 0.278. The second-order valence-corrected chi connectivity index (χ2v) is 6.90. The molecule has 1 N–H and O–H groups in total. The zero-order valence-corrected chi connectivity index (χ0v) is 10.8. The van der Waals surface area contributed by atoms with Crippen molar-refractivity contribution in [2.24, 2.45) is 23.2 Å². The third-order valence-electron chi connectivity index (χ3n) is 5.34. The Morgan fingerprint density at radius 2 is 1.74 bits per heavy atom. The summed E-state index contributed by atoms with van der Waals surface area (Å²) in [6.45, 7) is 0. The van der Waals surface area contributed by atoms with Crippen molar-refractivity contribution < 1.29 is 14.3 Å². The van der Waals surface area contributed by atoms with E-state index in [4.69, 9.17) is 9.52 Å². The number of aromatic carboxylic acids is 1. The van der Waals surface area contributed by atoms with Crippen LogP contribution in [0.25, 0.3) is 0 Å². The lowest BCUT2D eigenvalue weighted by Gasteiger charge is -2.56. The molecule has 0 aromatic carbocycles. The van der Waals surface area contributed by atoms with Crippen molar-refractivity contribution in [2.45, 2.75) is 44.9 Å². The van der Waals surface area contributed by atoms with Crippen molar-refractivity contribution in [2.75, 3.05) is 0 Å². The van der Waals surface area contributed by atoms with E-state index in [2.05, 4.69) is 10.2 Å². The lowest BCUT2D eigenvalue weighted by molar-refractivity contribution is -0.0552. The number of aromatic nitrogens is 2. The first-order chi connectivity index (χ1) is 9.12. The van der Waals surface area contributed by atoms with Crippen LogP contribution in [0.4, 0.5) is 0 Å². The van der Waals surface area contributed by atoms with Crippen LogP contribution in [0, 0.1) is 23.2 Å². The Morgan fingerprint density at radius 1 is 1.16 bits per heavy atom. The van der Waals surface area contributed by atoms with Crippen LogP contribution in [-0.2, 0) is 6.42 Å². The highest BCUT2D eigenvalue weighted by Gasteiger charge is 2.51. The van der Waals surface area contributed by atoms with Crippen LogP contribution < -0.4 is 0 Å². The molecular formula is C14H18N2O3. The molecule has 102 valence electrons. The third kappa shape index (κ3) is 1.86. The van der Waals surface area contributed by atoms with Gasteiger partial charge in [0.2, 0.25) is 5.89 Å². The van der Waals surface area contributed by atoms with Gasteiger partial charge < -0.3 is 9.52 Å². The van der Waals surface area contributed by atoms with E-state index < -0.39 is 5.97 Å². The molecule has 0 aliphatic heterocycles. The number of carboxylic acid groups (broad SMARTS) is 1. The summed E-state index contributed by atoms with van der Waals surface area (Å²) in [6, 6.07) is 0. The van der Waals surface area contributed by atoms with Gasteiger partial charge >= 0.3 is 11.9 Å². The van der Waals surface area contributed by atoms with Gasteiger partial charge in [0.25, 0.3) is 0 Å². The number of rotatable bonds is 3. The SMILES string of the molecule is O=C(O)c1nnc(CC23CC4CC(CC(C4)C2)C3)o1. The Labute approximate surface area is 111 Å². The van der Waals surface area contributed by atoms with Gasteiger partial charge in [-0.05, 0) is 61.7 Å². The number of carbonyl (C=O) groups is 1. The highest BCUT2D eigenvalue weighted by atomic mass is 16.4. The van der Waals surface area contributed by atoms with Gasteiger partial charge in [-0.25, -0.2) is 4.79 Å². The molecule has 4 saturated carbocycles. The Balaban J connectivity index is 1.57. The second-order valence-electron chi connectivity index (χ2n) is 6.90. The van der Waals surface area contributed by atoms with Gasteiger partial charge in [-0.1, -0.05) is 0 Å². The third-order valence-corrected chi connectivity index (χ3v) is 5.34. The normalized spacial score (nSPS) is 39.7. The van der Waals surface area contributed by atoms with Gasteiger partial charge in [0.15, 0.2) is 0 Å². The second kappa shape index (κ2) is 3.81. The highest BCUT2D eigenvalue weighted by Crippen LogP contribution is 2.60. The molecule has 1 heterocycles. The minimum atomic E-state index is -1.13. The number of hydrogen-bond donors (Lipinski definition) is 1. The molecule has 0 unspecified atom stereocenters. The monoisotopic (exact) mass is 262 g/mol. The molecule has 5 heteroatoms. The first kappa shape index (κ1) is 11.4. The molecule has 0 amide bonds. The molecule has 4 fully saturated rings. The Bertz CT molecular complexity index is 487. The molecule has 5 nitrogen and oxygen atoms in total. The van der Waals surface area contributed by atoms with Crippen LogP contribution in [0.2, 0.25) is 0 Å². The summed E-state index contributed by atoms with van der Waals surface area (Å²) in [5.41, 5.74) is 0.317. The molecule has 4 bridgehead atoms. The number of carboxylic acids is 1. The summed E-state index contributed by atoms with van der Waals surface area (Å²) < 4.78 is 5.26. The van der Waals surface area contributed by atoms with E-state index in [1.165, 1.54) is 38.5 Å². The number of nitrogens with zero attached hydrogens (tertiary/aromatic N) is 2. The fourth-order valence-electron chi connectivity index (χ4n) is 5.24. The summed E-state index contributed by atoms with van der Waals surface area (Å²) in [7, 11) is 0. The van der Waals surface area contributed by atoms with Crippen LogP contribution in [0.1, 0.15) is 55.1 Å². The smallest absolute Gasteiger partial charge is 0.393 e. The van der Waals surface area contributed by atoms with Gasteiger partial charge in [0.05, 0.1) is 0 Å². The molecule has 0 spiro atoms. The first-order valence-corrected chi connectivity index (χ1v) is 7.18. The van der Waals surface area contributed by atoms with Crippen LogP contribution in [-0.4, -0.2) is 21.3 Å². The fourth-order valence-corrected chi connectivity index (χ4v) is 5.24. The summed E-state index contributed by atoms with van der Waals surface area (Å²) in [5, 5.41) is 16.3. The lowest BCUT2D eigenvalue weighted by Crippen LogP contribution is -2.47. The van der Waals surface area contributed by atoms with Crippen molar-refractivity contribution >= 4 is 5.97 Å². The predicted octanol–water partition coefficient (Wildman–Crippen LogP) is 2.53. The van der Waals surface area contributed by atoms with E-state index in [0.717, 1.165) is 24.2 Å². The topological polar surface area (TPSA) is 76.2 Å². The highest BCUT2D eigenvalue weighted by molar-refractivity contribution is 5.81. The molecule has 0 radical (unpaired) electrons. The quantitative estimate of drug-likeness (QED) is 0.905. The maximum atomic E-state index is 10.8.